The van der Waals surface area contributed by atoms with E-state index in [1.165, 1.54) is 55.0 Å². The van der Waals surface area contributed by atoms with E-state index in [1.54, 1.807) is 0 Å². The maximum atomic E-state index is 9.80. The highest BCUT2D eigenvalue weighted by Crippen LogP contribution is 2.58. The highest BCUT2D eigenvalue weighted by atomic mass is 16.5. The number of benzene rings is 6. The Morgan fingerprint density at radius 3 is 2.32 bits per heavy atom. The predicted octanol–water partition coefficient (Wildman–Crippen LogP) is 11.7. The Kier molecular flexibility index (Phi) is 6.03. The molecule has 1 aromatic heterocycles. The van der Waals surface area contributed by atoms with Gasteiger partial charge in [0, 0.05) is 38.4 Å². The Labute approximate surface area is 291 Å². The highest BCUT2D eigenvalue weighted by molar-refractivity contribution is 6.10. The van der Waals surface area contributed by atoms with Gasteiger partial charge in [0.05, 0.1) is 22.7 Å². The zero-order valence-electron chi connectivity index (χ0n) is 28.1. The summed E-state index contributed by atoms with van der Waals surface area (Å²) >= 11 is 0. The van der Waals surface area contributed by atoms with E-state index < -0.39 is 5.60 Å². The number of hydrogen-bond acceptors (Lipinski definition) is 2. The highest BCUT2D eigenvalue weighted by Gasteiger charge is 2.45. The molecule has 6 aromatic carbocycles. The van der Waals surface area contributed by atoms with Gasteiger partial charge in [-0.05, 0) is 94.6 Å². The molecule has 0 spiro atoms. The van der Waals surface area contributed by atoms with Crippen molar-refractivity contribution < 1.29 is 4.74 Å². The molecule has 2 aliphatic carbocycles. The van der Waals surface area contributed by atoms with Crippen LogP contribution in [0.25, 0.3) is 55.5 Å². The zero-order chi connectivity index (χ0) is 33.6. The van der Waals surface area contributed by atoms with Crippen molar-refractivity contribution in [3.63, 3.8) is 0 Å². The van der Waals surface area contributed by atoms with Crippen molar-refractivity contribution in [2.75, 3.05) is 0 Å². The lowest BCUT2D eigenvalue weighted by atomic mass is 9.75. The van der Waals surface area contributed by atoms with Crippen LogP contribution in [0.5, 0.6) is 5.75 Å². The van der Waals surface area contributed by atoms with Crippen molar-refractivity contribution in [1.29, 1.82) is 5.26 Å². The summed E-state index contributed by atoms with van der Waals surface area (Å²) in [5.41, 5.74) is 11.5. The molecule has 3 aliphatic rings. The smallest absolute Gasteiger partial charge is 0.174 e. The van der Waals surface area contributed by atoms with Gasteiger partial charge in [0.2, 0.25) is 0 Å². The summed E-state index contributed by atoms with van der Waals surface area (Å²) in [7, 11) is 0. The summed E-state index contributed by atoms with van der Waals surface area (Å²) in [6, 6.07) is 43.4. The topological polar surface area (TPSA) is 37.9 Å². The zero-order valence-corrected chi connectivity index (χ0v) is 28.1. The van der Waals surface area contributed by atoms with Crippen LogP contribution in [0.2, 0.25) is 0 Å². The average molecular weight is 643 g/mol. The Morgan fingerprint density at radius 1 is 0.760 bits per heavy atom. The van der Waals surface area contributed by atoms with Crippen molar-refractivity contribution >= 4 is 38.7 Å². The molecule has 7 aromatic rings. The standard InChI is InChI=1S/C47H34N2O/c1-46(2)40-27-30(29-48)21-23-37(40)43-35-18-9-10-19-36(35)45-38(44(43)46)25-26-47(50-45,31-13-5-3-6-14-31)32-22-24-42-39(28-32)34-17-11-12-20-41(34)49(42)33-15-7-4-8-16-33/h3-5,7-13,15-28H,6,14H2,1-2H3. The Hall–Kier alpha value is -6.11. The number of nitriles is 1. The van der Waals surface area contributed by atoms with Gasteiger partial charge < -0.3 is 9.30 Å². The molecule has 0 bridgehead atoms. The Balaban J connectivity index is 1.24. The number of nitrogens with zero attached hydrogens (tertiary/aromatic N) is 2. The number of aromatic nitrogens is 1. The fraction of sp³-hybridized carbons (Fsp3) is 0.128. The third-order valence-corrected chi connectivity index (χ3v) is 11.3. The van der Waals surface area contributed by atoms with E-state index in [-0.39, 0.29) is 5.41 Å². The minimum Gasteiger partial charge on any atom is -0.473 e. The van der Waals surface area contributed by atoms with Gasteiger partial charge >= 0.3 is 0 Å². The van der Waals surface area contributed by atoms with Crippen LogP contribution in [-0.4, -0.2) is 4.57 Å². The first-order valence-electron chi connectivity index (χ1n) is 17.5. The van der Waals surface area contributed by atoms with Crippen molar-refractivity contribution in [1.82, 2.24) is 4.57 Å². The summed E-state index contributed by atoms with van der Waals surface area (Å²) in [4.78, 5) is 0. The van der Waals surface area contributed by atoms with Crippen LogP contribution in [0, 0.1) is 11.3 Å². The van der Waals surface area contributed by atoms with Crippen LogP contribution < -0.4 is 4.74 Å². The molecule has 2 heterocycles. The van der Waals surface area contributed by atoms with Crippen molar-refractivity contribution in [2.45, 2.75) is 37.7 Å². The molecular formula is C47H34N2O. The normalized spacial score (nSPS) is 18.4. The summed E-state index contributed by atoms with van der Waals surface area (Å²) in [5, 5.41) is 14.5. The van der Waals surface area contributed by atoms with E-state index in [0.29, 0.717) is 5.56 Å². The minimum atomic E-state index is -0.789. The Bertz CT molecular complexity index is 2710. The first-order valence-corrected chi connectivity index (χ1v) is 17.5. The molecule has 0 amide bonds. The first-order chi connectivity index (χ1) is 24.5. The van der Waals surface area contributed by atoms with Crippen LogP contribution in [0.1, 0.15) is 54.5 Å². The quantitative estimate of drug-likeness (QED) is 0.192. The van der Waals surface area contributed by atoms with Crippen LogP contribution in [0.15, 0.2) is 145 Å². The summed E-state index contributed by atoms with van der Waals surface area (Å²) < 4.78 is 9.99. The van der Waals surface area contributed by atoms with E-state index in [2.05, 4.69) is 164 Å². The molecule has 3 nitrogen and oxygen atoms in total. The van der Waals surface area contributed by atoms with Gasteiger partial charge in [-0.1, -0.05) is 111 Å². The van der Waals surface area contributed by atoms with Gasteiger partial charge in [0.15, 0.2) is 5.60 Å². The number of rotatable bonds is 3. The lowest BCUT2D eigenvalue weighted by molar-refractivity contribution is 0.154. The Morgan fingerprint density at radius 2 is 1.52 bits per heavy atom. The molecule has 1 unspecified atom stereocenters. The van der Waals surface area contributed by atoms with Gasteiger partial charge in [-0.2, -0.15) is 5.26 Å². The van der Waals surface area contributed by atoms with Crippen LogP contribution in [0.3, 0.4) is 0 Å². The number of ether oxygens (including phenoxy) is 1. The molecule has 10 rings (SSSR count). The molecule has 3 heteroatoms. The van der Waals surface area contributed by atoms with E-state index in [1.807, 2.05) is 6.07 Å². The van der Waals surface area contributed by atoms with Crippen molar-refractivity contribution in [3.8, 4) is 28.6 Å². The molecule has 0 N–H and O–H groups in total. The number of fused-ring (bicyclic) bond motifs is 11. The summed E-state index contributed by atoms with van der Waals surface area (Å²) in [6.45, 7) is 4.57. The van der Waals surface area contributed by atoms with Crippen LogP contribution >= 0.6 is 0 Å². The third-order valence-electron chi connectivity index (χ3n) is 11.3. The van der Waals surface area contributed by atoms with E-state index in [4.69, 9.17) is 4.74 Å². The SMILES string of the molecule is CC1(C)c2cc(C#N)ccc2-c2c1c1c(c3ccccc23)OC(C2=CC=CCC2)(c2ccc3c(c2)c2ccccc2n3-c2ccccc2)C=C1. The molecule has 0 saturated carbocycles. The molecule has 50 heavy (non-hydrogen) atoms. The molecule has 0 radical (unpaired) electrons. The van der Waals surface area contributed by atoms with Gasteiger partial charge in [-0.25, -0.2) is 0 Å². The van der Waals surface area contributed by atoms with Crippen LogP contribution in [0.4, 0.5) is 0 Å². The molecule has 1 atom stereocenters. The van der Waals surface area contributed by atoms with Gasteiger partial charge in [0.25, 0.3) is 0 Å². The van der Waals surface area contributed by atoms with E-state index in [9.17, 15) is 5.26 Å². The third kappa shape index (κ3) is 3.85. The van der Waals surface area contributed by atoms with E-state index in [0.717, 1.165) is 40.8 Å². The fourth-order valence-corrected chi connectivity index (χ4v) is 8.99. The van der Waals surface area contributed by atoms with Gasteiger partial charge in [-0.15, -0.1) is 0 Å². The maximum absolute atomic E-state index is 9.80. The van der Waals surface area contributed by atoms with Crippen LogP contribution in [-0.2, 0) is 11.0 Å². The van der Waals surface area contributed by atoms with Crippen molar-refractivity contribution in [3.05, 3.63) is 173 Å². The fourth-order valence-electron chi connectivity index (χ4n) is 8.99. The lowest BCUT2D eigenvalue weighted by Crippen LogP contribution is -2.36. The number of hydrogen-bond donors (Lipinski definition) is 0. The average Bonchev–Trinajstić information content (AvgIpc) is 3.63. The minimum absolute atomic E-state index is 0.315. The number of allylic oxidation sites excluding steroid dienone is 3. The second-order valence-electron chi connectivity index (χ2n) is 14.3. The van der Waals surface area contributed by atoms with E-state index >= 15 is 0 Å². The summed E-state index contributed by atoms with van der Waals surface area (Å²) in [5.74, 6) is 0.922. The molecule has 0 fully saturated rings. The second-order valence-corrected chi connectivity index (χ2v) is 14.3. The number of para-hydroxylation sites is 2. The predicted molar refractivity (Wildman–Crippen MR) is 205 cm³/mol. The monoisotopic (exact) mass is 642 g/mol. The van der Waals surface area contributed by atoms with Gasteiger partial charge in [-0.3, -0.25) is 0 Å². The lowest BCUT2D eigenvalue weighted by Gasteiger charge is -2.40. The van der Waals surface area contributed by atoms with Crippen molar-refractivity contribution in [2.24, 2.45) is 0 Å². The largest absolute Gasteiger partial charge is 0.473 e. The second kappa shape index (κ2) is 10.4. The van der Waals surface area contributed by atoms with Gasteiger partial charge in [0.1, 0.15) is 5.75 Å². The molecule has 0 saturated heterocycles. The molecular weight excluding hydrogens is 609 g/mol. The summed E-state index contributed by atoms with van der Waals surface area (Å²) in [6.07, 6.45) is 13.2. The molecule has 238 valence electrons. The first kappa shape index (κ1) is 28.9. The molecule has 1 aliphatic heterocycles. The maximum Gasteiger partial charge on any atom is 0.174 e.